The Bertz CT molecular complexity index is 171. The van der Waals surface area contributed by atoms with Gasteiger partial charge in [0, 0.05) is 19.1 Å². The Morgan fingerprint density at radius 2 is 2.12 bits per heavy atom. The highest BCUT2D eigenvalue weighted by atomic mass is 32.2. The molecule has 1 saturated carbocycles. The van der Waals surface area contributed by atoms with Gasteiger partial charge < -0.3 is 5.73 Å². The lowest BCUT2D eigenvalue weighted by molar-refractivity contribution is 0.139. The lowest BCUT2D eigenvalue weighted by Crippen LogP contribution is -2.44. The molecule has 1 unspecified atom stereocenters. The van der Waals surface area contributed by atoms with Crippen molar-refractivity contribution in [1.82, 2.24) is 4.90 Å². The molecule has 96 valence electrons. The van der Waals surface area contributed by atoms with Crippen LogP contribution in [0.5, 0.6) is 0 Å². The monoisotopic (exact) mass is 244 g/mol. The highest BCUT2D eigenvalue weighted by Crippen LogP contribution is 2.27. The van der Waals surface area contributed by atoms with E-state index in [-0.39, 0.29) is 0 Å². The number of nitrogens with two attached hydrogens (primary N) is 1. The molecule has 0 amide bonds. The summed E-state index contributed by atoms with van der Waals surface area (Å²) in [7, 11) is 0. The minimum atomic E-state index is 0.615. The summed E-state index contributed by atoms with van der Waals surface area (Å²) in [6.45, 7) is 7.78. The van der Waals surface area contributed by atoms with Gasteiger partial charge >= 0.3 is 0 Å². The Labute approximate surface area is 105 Å². The van der Waals surface area contributed by atoms with E-state index in [2.05, 4.69) is 18.7 Å². The van der Waals surface area contributed by atoms with E-state index in [9.17, 15) is 0 Å². The highest BCUT2D eigenvalue weighted by molar-refractivity contribution is 7.99. The van der Waals surface area contributed by atoms with Crippen molar-refractivity contribution in [2.45, 2.75) is 45.6 Å². The second-order valence-electron chi connectivity index (χ2n) is 4.76. The summed E-state index contributed by atoms with van der Waals surface area (Å²) in [5.41, 5.74) is 5.92. The van der Waals surface area contributed by atoms with Crippen molar-refractivity contribution in [3.8, 4) is 0 Å². The fourth-order valence-electron chi connectivity index (χ4n) is 2.36. The van der Waals surface area contributed by atoms with Crippen LogP contribution in [0.2, 0.25) is 0 Å². The average Bonchev–Trinajstić information content (AvgIpc) is 2.25. The number of rotatable bonds is 9. The predicted octanol–water partition coefficient (Wildman–Crippen LogP) is 2.58. The molecule has 0 radical (unpaired) electrons. The normalized spacial score (nSPS) is 18.8. The molecule has 2 nitrogen and oxygen atoms in total. The SMILES string of the molecule is CCSCCC(CN)N(CC)CC1CCC1. The summed E-state index contributed by atoms with van der Waals surface area (Å²) in [5.74, 6) is 3.46. The Hall–Kier alpha value is 0.270. The molecule has 3 heteroatoms. The van der Waals surface area contributed by atoms with Crippen LogP contribution < -0.4 is 5.73 Å². The van der Waals surface area contributed by atoms with Crippen LogP contribution >= 0.6 is 11.8 Å². The largest absolute Gasteiger partial charge is 0.329 e. The summed E-state index contributed by atoms with van der Waals surface area (Å²) in [6, 6.07) is 0.615. The van der Waals surface area contributed by atoms with E-state index in [1.54, 1.807) is 0 Å². The number of hydrogen-bond acceptors (Lipinski definition) is 3. The Morgan fingerprint density at radius 1 is 1.38 bits per heavy atom. The Balaban J connectivity index is 2.27. The quantitative estimate of drug-likeness (QED) is 0.632. The maximum Gasteiger partial charge on any atom is 0.0226 e. The van der Waals surface area contributed by atoms with E-state index in [4.69, 9.17) is 5.73 Å². The van der Waals surface area contributed by atoms with Gasteiger partial charge in [0.25, 0.3) is 0 Å². The Morgan fingerprint density at radius 3 is 2.56 bits per heavy atom. The molecule has 1 aliphatic carbocycles. The zero-order chi connectivity index (χ0) is 11.8. The number of nitrogens with zero attached hydrogens (tertiary/aromatic N) is 1. The van der Waals surface area contributed by atoms with E-state index in [1.807, 2.05) is 11.8 Å². The van der Waals surface area contributed by atoms with Crippen LogP contribution in [0, 0.1) is 5.92 Å². The van der Waals surface area contributed by atoms with Gasteiger partial charge in [-0.2, -0.15) is 11.8 Å². The van der Waals surface area contributed by atoms with E-state index in [0.29, 0.717) is 6.04 Å². The van der Waals surface area contributed by atoms with Gasteiger partial charge in [-0.1, -0.05) is 20.3 Å². The van der Waals surface area contributed by atoms with Gasteiger partial charge in [-0.05, 0) is 43.2 Å². The standard InChI is InChI=1S/C13H28N2S/c1-3-15(11-12-6-5-7-12)13(10-14)8-9-16-4-2/h12-13H,3-11,14H2,1-2H3. The van der Waals surface area contributed by atoms with Crippen molar-refractivity contribution in [1.29, 1.82) is 0 Å². The van der Waals surface area contributed by atoms with Crippen molar-refractivity contribution in [3.05, 3.63) is 0 Å². The molecule has 1 fully saturated rings. The molecule has 1 atom stereocenters. The van der Waals surface area contributed by atoms with E-state index in [0.717, 1.165) is 19.0 Å². The van der Waals surface area contributed by atoms with Gasteiger partial charge in [0.15, 0.2) is 0 Å². The minimum Gasteiger partial charge on any atom is -0.329 e. The zero-order valence-corrected chi connectivity index (χ0v) is 11.8. The summed E-state index contributed by atoms with van der Waals surface area (Å²) >= 11 is 2.04. The van der Waals surface area contributed by atoms with Crippen LogP contribution in [0.1, 0.15) is 39.5 Å². The summed E-state index contributed by atoms with van der Waals surface area (Å²) in [4.78, 5) is 2.61. The zero-order valence-electron chi connectivity index (χ0n) is 11.0. The average molecular weight is 244 g/mol. The second kappa shape index (κ2) is 8.37. The Kier molecular flexibility index (Phi) is 7.50. The molecular weight excluding hydrogens is 216 g/mol. The number of likely N-dealkylation sites (N-methyl/N-ethyl adjacent to an activating group) is 1. The van der Waals surface area contributed by atoms with Crippen molar-refractivity contribution in [3.63, 3.8) is 0 Å². The molecule has 1 aliphatic rings. The van der Waals surface area contributed by atoms with Crippen molar-refractivity contribution < 1.29 is 0 Å². The molecule has 0 heterocycles. The fraction of sp³-hybridized carbons (Fsp3) is 1.00. The number of thioether (sulfide) groups is 1. The van der Waals surface area contributed by atoms with Crippen molar-refractivity contribution in [2.24, 2.45) is 11.7 Å². The summed E-state index contributed by atoms with van der Waals surface area (Å²) in [6.07, 6.45) is 5.59. The van der Waals surface area contributed by atoms with Crippen molar-refractivity contribution >= 4 is 11.8 Å². The van der Waals surface area contributed by atoms with Gasteiger partial charge in [0.2, 0.25) is 0 Å². The van der Waals surface area contributed by atoms with E-state index < -0.39 is 0 Å². The number of hydrogen-bond donors (Lipinski definition) is 1. The van der Waals surface area contributed by atoms with Crippen molar-refractivity contribution in [2.75, 3.05) is 31.1 Å². The highest BCUT2D eigenvalue weighted by Gasteiger charge is 2.23. The van der Waals surface area contributed by atoms with Crippen LogP contribution in [0.4, 0.5) is 0 Å². The lowest BCUT2D eigenvalue weighted by Gasteiger charge is -2.36. The van der Waals surface area contributed by atoms with Gasteiger partial charge in [0.1, 0.15) is 0 Å². The third kappa shape index (κ3) is 4.64. The van der Waals surface area contributed by atoms with Gasteiger partial charge in [0.05, 0.1) is 0 Å². The topological polar surface area (TPSA) is 29.3 Å². The first-order valence-electron chi connectivity index (χ1n) is 6.83. The fourth-order valence-corrected chi connectivity index (χ4v) is 3.08. The molecular formula is C13H28N2S. The maximum atomic E-state index is 5.92. The molecule has 0 aromatic carbocycles. The molecule has 1 rings (SSSR count). The first-order chi connectivity index (χ1) is 7.81. The van der Waals surface area contributed by atoms with Gasteiger partial charge in [-0.25, -0.2) is 0 Å². The molecule has 0 aliphatic heterocycles. The molecule has 0 spiro atoms. The molecule has 2 N–H and O–H groups in total. The second-order valence-corrected chi connectivity index (χ2v) is 6.15. The summed E-state index contributed by atoms with van der Waals surface area (Å²) in [5, 5.41) is 0. The predicted molar refractivity (Wildman–Crippen MR) is 75.0 cm³/mol. The van der Waals surface area contributed by atoms with Crippen LogP contribution in [0.3, 0.4) is 0 Å². The lowest BCUT2D eigenvalue weighted by atomic mass is 9.85. The minimum absolute atomic E-state index is 0.615. The third-order valence-electron chi connectivity index (χ3n) is 3.71. The molecule has 0 bridgehead atoms. The van der Waals surface area contributed by atoms with Gasteiger partial charge in [-0.3, -0.25) is 4.90 Å². The summed E-state index contributed by atoms with van der Waals surface area (Å²) < 4.78 is 0. The van der Waals surface area contributed by atoms with E-state index in [1.165, 1.54) is 43.7 Å². The van der Waals surface area contributed by atoms with E-state index >= 15 is 0 Å². The van der Waals surface area contributed by atoms with Crippen LogP contribution in [-0.2, 0) is 0 Å². The van der Waals surface area contributed by atoms with Gasteiger partial charge in [-0.15, -0.1) is 0 Å². The molecule has 0 aromatic heterocycles. The van der Waals surface area contributed by atoms with Crippen LogP contribution in [0.15, 0.2) is 0 Å². The molecule has 0 saturated heterocycles. The smallest absolute Gasteiger partial charge is 0.0226 e. The first-order valence-corrected chi connectivity index (χ1v) is 7.99. The molecule has 0 aromatic rings. The van der Waals surface area contributed by atoms with Crippen LogP contribution in [0.25, 0.3) is 0 Å². The third-order valence-corrected chi connectivity index (χ3v) is 4.64. The molecule has 16 heavy (non-hydrogen) atoms. The maximum absolute atomic E-state index is 5.92. The first kappa shape index (κ1) is 14.3. The van der Waals surface area contributed by atoms with Crippen LogP contribution in [-0.4, -0.2) is 42.1 Å².